The first kappa shape index (κ1) is 11.9. The summed E-state index contributed by atoms with van der Waals surface area (Å²) in [5, 5.41) is 9.82. The molecule has 1 unspecified atom stereocenters. The molecule has 0 fully saturated rings. The van der Waals surface area contributed by atoms with E-state index in [9.17, 15) is 9.90 Å². The van der Waals surface area contributed by atoms with E-state index in [0.717, 1.165) is 5.56 Å². The second-order valence-electron chi connectivity index (χ2n) is 4.88. The van der Waals surface area contributed by atoms with Crippen molar-refractivity contribution in [1.29, 1.82) is 0 Å². The molecule has 15 heavy (non-hydrogen) atoms. The minimum atomic E-state index is -0.985. The first-order valence-electron chi connectivity index (χ1n) is 4.96. The summed E-state index contributed by atoms with van der Waals surface area (Å²) in [6.45, 7) is 7.36. The number of aryl methyl sites for hydroxylation is 1. The van der Waals surface area contributed by atoms with E-state index in [1.54, 1.807) is 12.3 Å². The third-order valence-electron chi connectivity index (χ3n) is 2.23. The normalized spacial score (nSPS) is 13.7. The Labute approximate surface area is 90.2 Å². The van der Waals surface area contributed by atoms with Crippen molar-refractivity contribution in [2.24, 2.45) is 5.41 Å². The lowest BCUT2D eigenvalue weighted by molar-refractivity contribution is 0.0442. The average Bonchev–Trinajstić information content (AvgIpc) is 2.14. The molecule has 0 amide bonds. The van der Waals surface area contributed by atoms with E-state index in [0.29, 0.717) is 5.56 Å². The molecular formula is C12H17NO2. The molecule has 0 aliphatic carbocycles. The molecule has 0 aliphatic rings. The molecule has 1 aromatic heterocycles. The number of aliphatic hydroxyl groups excluding tert-OH is 1. The molecule has 1 atom stereocenters. The van der Waals surface area contributed by atoms with Crippen molar-refractivity contribution >= 4 is 5.78 Å². The summed E-state index contributed by atoms with van der Waals surface area (Å²) in [7, 11) is 0. The maximum Gasteiger partial charge on any atom is 0.193 e. The van der Waals surface area contributed by atoms with Gasteiger partial charge >= 0.3 is 0 Å². The lowest BCUT2D eigenvalue weighted by Gasteiger charge is -2.24. The third kappa shape index (κ3) is 2.86. The van der Waals surface area contributed by atoms with Crippen LogP contribution in [0.3, 0.4) is 0 Å². The van der Waals surface area contributed by atoms with Crippen LogP contribution in [0.1, 0.15) is 36.7 Å². The highest BCUT2D eigenvalue weighted by molar-refractivity contribution is 5.99. The van der Waals surface area contributed by atoms with Crippen molar-refractivity contribution in [3.05, 3.63) is 29.6 Å². The Balaban J connectivity index is 2.95. The maximum absolute atomic E-state index is 11.9. The van der Waals surface area contributed by atoms with Crippen LogP contribution in [0.2, 0.25) is 0 Å². The van der Waals surface area contributed by atoms with Crippen LogP contribution in [0.5, 0.6) is 0 Å². The maximum atomic E-state index is 11.9. The predicted molar refractivity (Wildman–Crippen MR) is 58.8 cm³/mol. The van der Waals surface area contributed by atoms with Crippen LogP contribution in [-0.4, -0.2) is 22.0 Å². The van der Waals surface area contributed by atoms with Crippen LogP contribution in [0, 0.1) is 12.3 Å². The van der Waals surface area contributed by atoms with Crippen LogP contribution in [0.4, 0.5) is 0 Å². The van der Waals surface area contributed by atoms with Crippen molar-refractivity contribution in [3.8, 4) is 0 Å². The van der Waals surface area contributed by atoms with Crippen LogP contribution < -0.4 is 0 Å². The number of hydrogen-bond donors (Lipinski definition) is 1. The molecule has 0 spiro atoms. The van der Waals surface area contributed by atoms with Gasteiger partial charge in [-0.3, -0.25) is 9.78 Å². The number of aliphatic hydroxyl groups is 1. The molecule has 1 aromatic rings. The highest BCUT2D eigenvalue weighted by Gasteiger charge is 2.29. The molecule has 3 heteroatoms. The van der Waals surface area contributed by atoms with Gasteiger partial charge in [-0.1, -0.05) is 20.8 Å². The molecule has 0 aromatic carbocycles. The minimum absolute atomic E-state index is 0.265. The predicted octanol–water partition coefficient (Wildman–Crippen LogP) is 1.98. The van der Waals surface area contributed by atoms with Crippen molar-refractivity contribution in [2.45, 2.75) is 33.8 Å². The Morgan fingerprint density at radius 1 is 1.40 bits per heavy atom. The fraction of sp³-hybridized carbons (Fsp3) is 0.500. The third-order valence-corrected chi connectivity index (χ3v) is 2.23. The standard InChI is InChI=1S/C12H17NO2/c1-8-5-9(7-13-6-8)10(14)11(15)12(2,3)4/h5-7,11,15H,1-4H3. The Hall–Kier alpha value is -1.22. The van der Waals surface area contributed by atoms with Crippen molar-refractivity contribution in [1.82, 2.24) is 4.98 Å². The molecule has 1 rings (SSSR count). The number of hydrogen-bond acceptors (Lipinski definition) is 3. The van der Waals surface area contributed by atoms with Crippen LogP contribution >= 0.6 is 0 Å². The average molecular weight is 207 g/mol. The Morgan fingerprint density at radius 2 is 2.00 bits per heavy atom. The molecule has 0 radical (unpaired) electrons. The summed E-state index contributed by atoms with van der Waals surface area (Å²) in [5.41, 5.74) is 0.945. The lowest BCUT2D eigenvalue weighted by atomic mass is 9.85. The van der Waals surface area contributed by atoms with Crippen LogP contribution in [0.15, 0.2) is 18.5 Å². The minimum Gasteiger partial charge on any atom is -0.384 e. The summed E-state index contributed by atoms with van der Waals surface area (Å²) >= 11 is 0. The van der Waals surface area contributed by atoms with E-state index in [1.807, 2.05) is 27.7 Å². The van der Waals surface area contributed by atoms with Gasteiger partial charge in [0.1, 0.15) is 6.10 Å². The quantitative estimate of drug-likeness (QED) is 0.754. The summed E-state index contributed by atoms with van der Waals surface area (Å²) < 4.78 is 0. The van der Waals surface area contributed by atoms with Gasteiger partial charge in [0.2, 0.25) is 0 Å². The summed E-state index contributed by atoms with van der Waals surface area (Å²) in [4.78, 5) is 15.8. The number of carbonyl (C=O) groups is 1. The zero-order chi connectivity index (χ0) is 11.6. The van der Waals surface area contributed by atoms with Crippen LogP contribution in [-0.2, 0) is 0 Å². The number of ketones is 1. The fourth-order valence-electron chi connectivity index (χ4n) is 1.24. The lowest BCUT2D eigenvalue weighted by Crippen LogP contribution is -2.34. The number of rotatable bonds is 2. The van der Waals surface area contributed by atoms with E-state index in [2.05, 4.69) is 4.98 Å². The molecule has 0 aliphatic heterocycles. The second-order valence-corrected chi connectivity index (χ2v) is 4.88. The van der Waals surface area contributed by atoms with Crippen molar-refractivity contribution in [3.63, 3.8) is 0 Å². The monoisotopic (exact) mass is 207 g/mol. The Bertz CT molecular complexity index is 366. The van der Waals surface area contributed by atoms with Gasteiger partial charge < -0.3 is 5.11 Å². The molecule has 1 N–H and O–H groups in total. The van der Waals surface area contributed by atoms with E-state index < -0.39 is 11.5 Å². The Kier molecular flexibility index (Phi) is 3.25. The Morgan fingerprint density at radius 3 is 2.47 bits per heavy atom. The van der Waals surface area contributed by atoms with Gasteiger partial charge in [-0.15, -0.1) is 0 Å². The van der Waals surface area contributed by atoms with Crippen molar-refractivity contribution < 1.29 is 9.90 Å². The smallest absolute Gasteiger partial charge is 0.193 e. The van der Waals surface area contributed by atoms with Gasteiger partial charge in [-0.25, -0.2) is 0 Å². The first-order valence-corrected chi connectivity index (χ1v) is 4.96. The van der Waals surface area contributed by atoms with E-state index in [4.69, 9.17) is 0 Å². The summed E-state index contributed by atoms with van der Waals surface area (Å²) in [5.74, 6) is -0.265. The molecule has 0 saturated heterocycles. The number of nitrogens with zero attached hydrogens (tertiary/aromatic N) is 1. The fourth-order valence-corrected chi connectivity index (χ4v) is 1.24. The van der Waals surface area contributed by atoms with Gasteiger partial charge in [0, 0.05) is 18.0 Å². The van der Waals surface area contributed by atoms with Crippen molar-refractivity contribution in [2.75, 3.05) is 0 Å². The number of aromatic nitrogens is 1. The highest BCUT2D eigenvalue weighted by Crippen LogP contribution is 2.22. The zero-order valence-corrected chi connectivity index (χ0v) is 9.61. The number of carbonyl (C=O) groups excluding carboxylic acids is 1. The molecule has 0 bridgehead atoms. The van der Waals surface area contributed by atoms with Crippen LogP contribution in [0.25, 0.3) is 0 Å². The van der Waals surface area contributed by atoms with E-state index in [-0.39, 0.29) is 5.78 Å². The number of Topliss-reactive ketones (excluding diaryl/α,β-unsaturated/α-hetero) is 1. The molecule has 82 valence electrons. The second kappa shape index (κ2) is 4.11. The summed E-state index contributed by atoms with van der Waals surface area (Å²) in [6.07, 6.45) is 2.19. The first-order chi connectivity index (χ1) is 6.82. The molecular weight excluding hydrogens is 190 g/mol. The van der Waals surface area contributed by atoms with Gasteiger partial charge in [0.05, 0.1) is 0 Å². The van der Waals surface area contributed by atoms with E-state index >= 15 is 0 Å². The van der Waals surface area contributed by atoms with Gasteiger partial charge in [0.15, 0.2) is 5.78 Å². The van der Waals surface area contributed by atoms with Gasteiger partial charge in [-0.2, -0.15) is 0 Å². The molecule has 3 nitrogen and oxygen atoms in total. The SMILES string of the molecule is Cc1cncc(C(=O)C(O)C(C)(C)C)c1. The molecule has 1 heterocycles. The number of pyridine rings is 1. The van der Waals surface area contributed by atoms with E-state index in [1.165, 1.54) is 6.20 Å². The highest BCUT2D eigenvalue weighted by atomic mass is 16.3. The largest absolute Gasteiger partial charge is 0.384 e. The molecule has 0 saturated carbocycles. The van der Waals surface area contributed by atoms with Gasteiger partial charge in [0.25, 0.3) is 0 Å². The van der Waals surface area contributed by atoms with Gasteiger partial charge in [-0.05, 0) is 24.0 Å². The topological polar surface area (TPSA) is 50.2 Å². The zero-order valence-electron chi connectivity index (χ0n) is 9.61. The summed E-state index contributed by atoms with van der Waals surface area (Å²) in [6, 6.07) is 1.74.